The van der Waals surface area contributed by atoms with Crippen molar-refractivity contribution in [2.45, 2.75) is 19.4 Å². The van der Waals surface area contributed by atoms with Crippen LogP contribution < -0.4 is 11.1 Å². The molecule has 2 rings (SSSR count). The third kappa shape index (κ3) is 3.38. The van der Waals surface area contributed by atoms with E-state index in [0.29, 0.717) is 22.0 Å². The molecule has 3 nitrogen and oxygen atoms in total. The van der Waals surface area contributed by atoms with Crippen molar-refractivity contribution >= 4 is 34.5 Å². The van der Waals surface area contributed by atoms with Gasteiger partial charge < -0.3 is 16.0 Å². The molecule has 2 unspecified atom stereocenters. The van der Waals surface area contributed by atoms with Crippen LogP contribution in [0.2, 0.25) is 5.02 Å². The van der Waals surface area contributed by atoms with Crippen LogP contribution in [0.4, 0.5) is 5.69 Å². The lowest BCUT2D eigenvalue weighted by molar-refractivity contribution is 0.206. The highest BCUT2D eigenvalue weighted by Crippen LogP contribution is 2.27. The van der Waals surface area contributed by atoms with Gasteiger partial charge in [-0.15, -0.1) is 0 Å². The number of nitrogens with zero attached hydrogens (tertiary/aromatic N) is 1. The van der Waals surface area contributed by atoms with E-state index in [9.17, 15) is 0 Å². The van der Waals surface area contributed by atoms with Crippen molar-refractivity contribution in [3.63, 3.8) is 0 Å². The van der Waals surface area contributed by atoms with Gasteiger partial charge in [0.25, 0.3) is 0 Å². The highest BCUT2D eigenvalue weighted by atomic mass is 35.5. The minimum atomic E-state index is 0.341. The second-order valence-electron chi connectivity index (χ2n) is 5.31. The average molecular weight is 298 g/mol. The van der Waals surface area contributed by atoms with Crippen molar-refractivity contribution in [2.24, 2.45) is 11.7 Å². The molecule has 0 spiro atoms. The Labute approximate surface area is 125 Å². The Morgan fingerprint density at radius 1 is 1.53 bits per heavy atom. The molecule has 1 heterocycles. The first-order chi connectivity index (χ1) is 8.99. The molecule has 0 bridgehead atoms. The quantitative estimate of drug-likeness (QED) is 0.842. The number of anilines is 1. The van der Waals surface area contributed by atoms with Crippen molar-refractivity contribution in [3.05, 3.63) is 28.8 Å². The van der Waals surface area contributed by atoms with Crippen molar-refractivity contribution in [1.29, 1.82) is 0 Å². The Kier molecular flexibility index (Phi) is 4.66. The van der Waals surface area contributed by atoms with Crippen LogP contribution in [0.1, 0.15) is 18.9 Å². The highest BCUT2D eigenvalue weighted by Gasteiger charge is 2.25. The Bertz CT molecular complexity index is 478. The number of thiocarbonyl (C=S) groups is 1. The second-order valence-corrected chi connectivity index (χ2v) is 6.15. The first kappa shape index (κ1) is 14.6. The summed E-state index contributed by atoms with van der Waals surface area (Å²) in [6, 6.07) is 6.17. The minimum Gasteiger partial charge on any atom is -0.389 e. The predicted molar refractivity (Wildman–Crippen MR) is 86.0 cm³/mol. The first-order valence-corrected chi connectivity index (χ1v) is 7.31. The van der Waals surface area contributed by atoms with Gasteiger partial charge in [0.1, 0.15) is 4.99 Å². The van der Waals surface area contributed by atoms with Crippen LogP contribution in [0.15, 0.2) is 18.2 Å². The first-order valence-electron chi connectivity index (χ1n) is 6.52. The normalized spacial score (nSPS) is 24.2. The van der Waals surface area contributed by atoms with Crippen LogP contribution in [0.25, 0.3) is 0 Å². The summed E-state index contributed by atoms with van der Waals surface area (Å²) in [6.07, 6.45) is 1.11. The summed E-state index contributed by atoms with van der Waals surface area (Å²) in [5.41, 5.74) is 7.48. The summed E-state index contributed by atoms with van der Waals surface area (Å²) in [5.74, 6) is 0.580. The number of nitrogens with two attached hydrogens (primary N) is 1. The molecule has 0 aromatic heterocycles. The van der Waals surface area contributed by atoms with Gasteiger partial charge in [-0.3, -0.25) is 0 Å². The molecule has 1 aliphatic heterocycles. The van der Waals surface area contributed by atoms with Gasteiger partial charge in [0, 0.05) is 18.3 Å². The third-order valence-electron chi connectivity index (χ3n) is 3.71. The summed E-state index contributed by atoms with van der Waals surface area (Å²) in [7, 11) is 2.16. The number of hydrogen-bond donors (Lipinski definition) is 2. The summed E-state index contributed by atoms with van der Waals surface area (Å²) in [5, 5.41) is 4.17. The molecule has 0 radical (unpaired) electrons. The maximum absolute atomic E-state index is 6.19. The van der Waals surface area contributed by atoms with E-state index in [1.54, 1.807) is 0 Å². The molecular formula is C14H20ClN3S. The molecular weight excluding hydrogens is 278 g/mol. The van der Waals surface area contributed by atoms with Crippen LogP contribution in [0.3, 0.4) is 0 Å². The van der Waals surface area contributed by atoms with E-state index in [-0.39, 0.29) is 0 Å². The third-order valence-corrected chi connectivity index (χ3v) is 4.23. The molecule has 3 N–H and O–H groups in total. The summed E-state index contributed by atoms with van der Waals surface area (Å²) >= 11 is 11.3. The smallest absolute Gasteiger partial charge is 0.107 e. The molecule has 1 fully saturated rings. The van der Waals surface area contributed by atoms with Gasteiger partial charge in [-0.25, -0.2) is 0 Å². The molecule has 2 atom stereocenters. The predicted octanol–water partition coefficient (Wildman–Crippen LogP) is 2.73. The Morgan fingerprint density at radius 3 is 2.89 bits per heavy atom. The van der Waals surface area contributed by atoms with Gasteiger partial charge in [0.15, 0.2) is 0 Å². The minimum absolute atomic E-state index is 0.341. The number of nitrogens with one attached hydrogen (secondary N) is 1. The van der Waals surface area contributed by atoms with Gasteiger partial charge in [-0.2, -0.15) is 0 Å². The molecule has 0 amide bonds. The molecule has 1 aromatic carbocycles. The molecule has 1 saturated heterocycles. The Hall–Kier alpha value is -0.840. The van der Waals surface area contributed by atoms with E-state index in [1.165, 1.54) is 0 Å². The van der Waals surface area contributed by atoms with Crippen molar-refractivity contribution in [2.75, 3.05) is 25.5 Å². The molecule has 1 aliphatic rings. The Balaban J connectivity index is 2.19. The molecule has 0 saturated carbocycles. The van der Waals surface area contributed by atoms with Crippen molar-refractivity contribution < 1.29 is 0 Å². The van der Waals surface area contributed by atoms with E-state index in [4.69, 9.17) is 29.6 Å². The van der Waals surface area contributed by atoms with E-state index in [2.05, 4.69) is 24.2 Å². The zero-order chi connectivity index (χ0) is 14.0. The number of halogens is 1. The lowest BCUT2D eigenvalue weighted by Gasteiger charge is -2.36. The fraction of sp³-hybridized carbons (Fsp3) is 0.500. The summed E-state index contributed by atoms with van der Waals surface area (Å²) in [6.45, 7) is 4.46. The van der Waals surface area contributed by atoms with Gasteiger partial charge in [-0.1, -0.05) is 36.8 Å². The lowest BCUT2D eigenvalue weighted by Crippen LogP contribution is -2.43. The van der Waals surface area contributed by atoms with Crippen molar-refractivity contribution in [1.82, 2.24) is 4.90 Å². The fourth-order valence-electron chi connectivity index (χ4n) is 2.66. The van der Waals surface area contributed by atoms with E-state index in [1.807, 2.05) is 18.2 Å². The van der Waals surface area contributed by atoms with Crippen LogP contribution in [-0.2, 0) is 0 Å². The van der Waals surface area contributed by atoms with Gasteiger partial charge >= 0.3 is 0 Å². The van der Waals surface area contributed by atoms with Gasteiger partial charge in [0.2, 0.25) is 0 Å². The number of rotatable bonds is 3. The molecule has 19 heavy (non-hydrogen) atoms. The standard InChI is InChI=1S/C14H20ClN3S/c1-9-8-18(2)7-6-11(9)17-12-5-3-4-10(15)13(12)14(16)19/h3-5,9,11,17H,6-8H2,1-2H3,(H2,16,19). The van der Waals surface area contributed by atoms with E-state index >= 15 is 0 Å². The van der Waals surface area contributed by atoms with Gasteiger partial charge in [0.05, 0.1) is 10.6 Å². The Morgan fingerprint density at radius 2 is 2.26 bits per heavy atom. The number of piperidine rings is 1. The number of likely N-dealkylation sites (tertiary alicyclic amines) is 1. The van der Waals surface area contributed by atoms with Crippen molar-refractivity contribution in [3.8, 4) is 0 Å². The second kappa shape index (κ2) is 6.07. The molecule has 0 aliphatic carbocycles. The van der Waals surface area contributed by atoms with E-state index in [0.717, 1.165) is 30.8 Å². The SMILES string of the molecule is CC1CN(C)CCC1Nc1cccc(Cl)c1C(N)=S. The van der Waals surface area contributed by atoms with E-state index < -0.39 is 0 Å². The van der Waals surface area contributed by atoms with Crippen LogP contribution in [-0.4, -0.2) is 36.1 Å². The molecule has 1 aromatic rings. The van der Waals surface area contributed by atoms with Crippen LogP contribution >= 0.6 is 23.8 Å². The summed E-state index contributed by atoms with van der Waals surface area (Å²) < 4.78 is 0. The summed E-state index contributed by atoms with van der Waals surface area (Å²) in [4.78, 5) is 2.70. The number of benzene rings is 1. The molecule has 104 valence electrons. The zero-order valence-electron chi connectivity index (χ0n) is 11.3. The van der Waals surface area contributed by atoms with Gasteiger partial charge in [-0.05, 0) is 38.1 Å². The monoisotopic (exact) mass is 297 g/mol. The average Bonchev–Trinajstić information content (AvgIpc) is 2.32. The fourth-order valence-corrected chi connectivity index (χ4v) is 3.22. The highest BCUT2D eigenvalue weighted by molar-refractivity contribution is 7.80. The lowest BCUT2D eigenvalue weighted by atomic mass is 9.93. The zero-order valence-corrected chi connectivity index (χ0v) is 12.9. The van der Waals surface area contributed by atoms with Crippen LogP contribution in [0, 0.1) is 5.92 Å². The topological polar surface area (TPSA) is 41.3 Å². The molecule has 5 heteroatoms. The maximum atomic E-state index is 6.19. The van der Waals surface area contributed by atoms with Crippen LogP contribution in [0.5, 0.6) is 0 Å². The maximum Gasteiger partial charge on any atom is 0.107 e. The largest absolute Gasteiger partial charge is 0.389 e. The number of hydrogen-bond acceptors (Lipinski definition) is 3.